The van der Waals surface area contributed by atoms with Crippen molar-refractivity contribution in [2.24, 2.45) is 7.05 Å². The third-order valence-electron chi connectivity index (χ3n) is 2.95. The minimum Gasteiger partial charge on any atom is -0.481 e. The van der Waals surface area contributed by atoms with E-state index in [0.717, 1.165) is 10.6 Å². The van der Waals surface area contributed by atoms with Gasteiger partial charge in [-0.05, 0) is 6.92 Å². The minimum atomic E-state index is -0.924. The fourth-order valence-corrected chi connectivity index (χ4v) is 2.82. The zero-order valence-corrected chi connectivity index (χ0v) is 12.8. The van der Waals surface area contributed by atoms with Crippen LogP contribution >= 0.6 is 11.3 Å². The van der Waals surface area contributed by atoms with Gasteiger partial charge in [-0.25, -0.2) is 4.98 Å². The average Bonchev–Trinajstić information content (AvgIpc) is 3.01. The van der Waals surface area contributed by atoms with E-state index >= 15 is 0 Å². The maximum atomic E-state index is 12.3. The van der Waals surface area contributed by atoms with E-state index in [1.54, 1.807) is 24.9 Å². The van der Waals surface area contributed by atoms with Crippen LogP contribution in [0.25, 0.3) is 10.6 Å². The molecule has 0 radical (unpaired) electrons. The standard InChI is InChI=1S/C13H16N4O3S/c1-8-11(13(20)16(2)5-4-10(18)19)21-12(15-8)9-6-14-17(3)7-9/h6-7H,4-5H2,1-3H3,(H,18,19). The summed E-state index contributed by atoms with van der Waals surface area (Å²) in [5.41, 5.74) is 1.50. The highest BCUT2D eigenvalue weighted by Gasteiger charge is 2.20. The van der Waals surface area contributed by atoms with E-state index in [1.807, 2.05) is 13.2 Å². The van der Waals surface area contributed by atoms with Gasteiger partial charge < -0.3 is 10.0 Å². The van der Waals surface area contributed by atoms with Crippen molar-refractivity contribution in [3.8, 4) is 10.6 Å². The van der Waals surface area contributed by atoms with Crippen LogP contribution in [0.3, 0.4) is 0 Å². The second-order valence-corrected chi connectivity index (χ2v) is 5.71. The van der Waals surface area contributed by atoms with Crippen LogP contribution < -0.4 is 0 Å². The van der Waals surface area contributed by atoms with Gasteiger partial charge in [-0.2, -0.15) is 5.10 Å². The van der Waals surface area contributed by atoms with Crippen molar-refractivity contribution in [1.29, 1.82) is 0 Å². The van der Waals surface area contributed by atoms with Crippen LogP contribution in [-0.2, 0) is 11.8 Å². The summed E-state index contributed by atoms with van der Waals surface area (Å²) in [7, 11) is 3.41. The Morgan fingerprint density at radius 1 is 1.48 bits per heavy atom. The van der Waals surface area contributed by atoms with Gasteiger partial charge >= 0.3 is 5.97 Å². The maximum absolute atomic E-state index is 12.3. The number of carbonyl (C=O) groups excluding carboxylic acids is 1. The summed E-state index contributed by atoms with van der Waals surface area (Å²) in [4.78, 5) is 29.2. The molecular weight excluding hydrogens is 292 g/mol. The van der Waals surface area contributed by atoms with Gasteiger partial charge in [-0.1, -0.05) is 0 Å². The molecule has 0 saturated heterocycles. The summed E-state index contributed by atoms with van der Waals surface area (Å²) in [6, 6.07) is 0. The molecule has 0 atom stereocenters. The molecule has 0 aliphatic carbocycles. The molecule has 0 unspecified atom stereocenters. The smallest absolute Gasteiger partial charge is 0.305 e. The quantitative estimate of drug-likeness (QED) is 0.902. The molecule has 7 nitrogen and oxygen atoms in total. The van der Waals surface area contributed by atoms with Crippen molar-refractivity contribution in [1.82, 2.24) is 19.7 Å². The number of amides is 1. The van der Waals surface area contributed by atoms with Gasteiger partial charge in [0.1, 0.15) is 9.88 Å². The van der Waals surface area contributed by atoms with Gasteiger partial charge in [-0.3, -0.25) is 14.3 Å². The van der Waals surface area contributed by atoms with Gasteiger partial charge in [-0.15, -0.1) is 11.3 Å². The lowest BCUT2D eigenvalue weighted by Crippen LogP contribution is -2.28. The molecule has 1 N–H and O–H groups in total. The molecule has 1 amide bonds. The third-order valence-corrected chi connectivity index (χ3v) is 4.14. The van der Waals surface area contributed by atoms with Crippen LogP contribution in [0.4, 0.5) is 0 Å². The number of aryl methyl sites for hydroxylation is 2. The number of nitrogens with zero attached hydrogens (tertiary/aromatic N) is 4. The fraction of sp³-hybridized carbons (Fsp3) is 0.385. The molecule has 2 aromatic heterocycles. The van der Waals surface area contributed by atoms with Crippen LogP contribution in [0.2, 0.25) is 0 Å². The first kappa shape index (κ1) is 15.2. The molecule has 2 heterocycles. The lowest BCUT2D eigenvalue weighted by molar-refractivity contribution is -0.137. The molecule has 0 aromatic carbocycles. The van der Waals surface area contributed by atoms with Crippen LogP contribution in [0.5, 0.6) is 0 Å². The Bertz CT molecular complexity index is 677. The number of aromatic nitrogens is 3. The van der Waals surface area contributed by atoms with Gasteiger partial charge in [0.15, 0.2) is 0 Å². The maximum Gasteiger partial charge on any atom is 0.305 e. The topological polar surface area (TPSA) is 88.3 Å². The van der Waals surface area contributed by atoms with E-state index in [2.05, 4.69) is 10.1 Å². The van der Waals surface area contributed by atoms with Crippen LogP contribution in [0.15, 0.2) is 12.4 Å². The number of thiazole rings is 1. The Kier molecular flexibility index (Phi) is 4.37. The second kappa shape index (κ2) is 6.04. The zero-order chi connectivity index (χ0) is 15.6. The second-order valence-electron chi connectivity index (χ2n) is 4.71. The highest BCUT2D eigenvalue weighted by Crippen LogP contribution is 2.28. The number of carboxylic acids is 1. The number of carbonyl (C=O) groups is 2. The molecule has 0 aliphatic rings. The number of carboxylic acid groups (broad SMARTS) is 1. The first-order valence-corrected chi connectivity index (χ1v) is 7.14. The third kappa shape index (κ3) is 3.46. The highest BCUT2D eigenvalue weighted by molar-refractivity contribution is 7.17. The first-order chi connectivity index (χ1) is 9.88. The van der Waals surface area contributed by atoms with E-state index < -0.39 is 5.97 Å². The largest absolute Gasteiger partial charge is 0.481 e. The summed E-state index contributed by atoms with van der Waals surface area (Å²) >= 11 is 1.29. The van der Waals surface area contributed by atoms with Crippen molar-refractivity contribution in [3.05, 3.63) is 23.0 Å². The molecule has 0 saturated carbocycles. The Morgan fingerprint density at radius 2 is 2.19 bits per heavy atom. The number of rotatable bonds is 5. The molecule has 2 rings (SSSR count). The molecule has 0 fully saturated rings. The lowest BCUT2D eigenvalue weighted by atomic mass is 10.3. The Balaban J connectivity index is 2.18. The molecule has 0 spiro atoms. The average molecular weight is 308 g/mol. The molecule has 8 heteroatoms. The lowest BCUT2D eigenvalue weighted by Gasteiger charge is -2.14. The van der Waals surface area contributed by atoms with Gasteiger partial charge in [0, 0.05) is 32.4 Å². The summed E-state index contributed by atoms with van der Waals surface area (Å²) in [6.07, 6.45) is 3.46. The predicted octanol–water partition coefficient (Wildman–Crippen LogP) is 1.40. The zero-order valence-electron chi connectivity index (χ0n) is 12.0. The van der Waals surface area contributed by atoms with Crippen molar-refractivity contribution in [3.63, 3.8) is 0 Å². The Hall–Kier alpha value is -2.22. The molecule has 21 heavy (non-hydrogen) atoms. The van der Waals surface area contributed by atoms with E-state index in [-0.39, 0.29) is 18.9 Å². The van der Waals surface area contributed by atoms with Crippen LogP contribution in [0, 0.1) is 6.92 Å². The molecule has 0 bridgehead atoms. The van der Waals surface area contributed by atoms with E-state index in [0.29, 0.717) is 10.6 Å². The summed E-state index contributed by atoms with van der Waals surface area (Å²) in [6.45, 7) is 1.95. The monoisotopic (exact) mass is 308 g/mol. The molecule has 0 aliphatic heterocycles. The summed E-state index contributed by atoms with van der Waals surface area (Å²) in [5, 5.41) is 13.5. The SMILES string of the molecule is Cc1nc(-c2cnn(C)c2)sc1C(=O)N(C)CCC(=O)O. The van der Waals surface area contributed by atoms with Crippen molar-refractivity contribution in [2.45, 2.75) is 13.3 Å². The van der Waals surface area contributed by atoms with Crippen molar-refractivity contribution in [2.75, 3.05) is 13.6 Å². The van der Waals surface area contributed by atoms with Crippen LogP contribution in [0.1, 0.15) is 21.8 Å². The molecule has 2 aromatic rings. The summed E-state index contributed by atoms with van der Waals surface area (Å²) in [5.74, 6) is -1.13. The summed E-state index contributed by atoms with van der Waals surface area (Å²) < 4.78 is 1.67. The molecule has 112 valence electrons. The predicted molar refractivity (Wildman–Crippen MR) is 78.3 cm³/mol. The highest BCUT2D eigenvalue weighted by atomic mass is 32.1. The van der Waals surface area contributed by atoms with Crippen molar-refractivity contribution < 1.29 is 14.7 Å². The van der Waals surface area contributed by atoms with Gasteiger partial charge in [0.25, 0.3) is 5.91 Å². The van der Waals surface area contributed by atoms with Crippen molar-refractivity contribution >= 4 is 23.2 Å². The van der Waals surface area contributed by atoms with E-state index in [4.69, 9.17) is 5.11 Å². The van der Waals surface area contributed by atoms with Gasteiger partial charge in [0.2, 0.25) is 0 Å². The molecular formula is C13H16N4O3S. The number of hydrogen-bond acceptors (Lipinski definition) is 5. The minimum absolute atomic E-state index is 0.0739. The Morgan fingerprint density at radius 3 is 2.76 bits per heavy atom. The fourth-order valence-electron chi connectivity index (χ4n) is 1.79. The first-order valence-electron chi connectivity index (χ1n) is 6.32. The Labute approximate surface area is 125 Å². The number of aliphatic carboxylic acids is 1. The van der Waals surface area contributed by atoms with E-state index in [9.17, 15) is 9.59 Å². The van der Waals surface area contributed by atoms with Crippen LogP contribution in [-0.4, -0.2) is 50.2 Å². The van der Waals surface area contributed by atoms with E-state index in [1.165, 1.54) is 16.2 Å². The van der Waals surface area contributed by atoms with Gasteiger partial charge in [0.05, 0.1) is 18.3 Å². The number of hydrogen-bond donors (Lipinski definition) is 1. The normalized spacial score (nSPS) is 10.6.